The van der Waals surface area contributed by atoms with Gasteiger partial charge in [0, 0.05) is 12.4 Å². The number of aromatic nitrogens is 3. The number of imidazole rings is 1. The van der Waals surface area contributed by atoms with E-state index in [1.165, 1.54) is 0 Å². The number of carbonyl (C=O) groups is 1. The highest BCUT2D eigenvalue weighted by atomic mass is 32.2. The summed E-state index contributed by atoms with van der Waals surface area (Å²) < 4.78 is 2.24. The van der Waals surface area contributed by atoms with Crippen molar-refractivity contribution in [3.63, 3.8) is 0 Å². The molecule has 1 aliphatic heterocycles. The lowest BCUT2D eigenvalue weighted by Gasteiger charge is -2.38. The standard InChI is InChI=1S/C25H26N4OS/c30-22(18-25(12-16-31-17-13-25)29-14-6-7-15-29)28-23(19-8-2-1-3-9-19)24-26-20-10-4-5-11-21(20)27-24/h1-11,14-15,23H,12-13,16-18H2,(H,26,27)(H,28,30)/t23-/m0/s1. The van der Waals surface area contributed by atoms with Crippen molar-refractivity contribution in [3.05, 3.63) is 90.5 Å². The first-order chi connectivity index (χ1) is 15.2. The number of fused-ring (bicyclic) bond motifs is 1. The highest BCUT2D eigenvalue weighted by Crippen LogP contribution is 2.37. The molecule has 0 saturated carbocycles. The molecule has 31 heavy (non-hydrogen) atoms. The molecule has 5 rings (SSSR count). The third kappa shape index (κ3) is 4.12. The van der Waals surface area contributed by atoms with E-state index in [0.29, 0.717) is 6.42 Å². The first-order valence-corrected chi connectivity index (χ1v) is 11.9. The van der Waals surface area contributed by atoms with Crippen LogP contribution in [0.1, 0.15) is 36.7 Å². The van der Waals surface area contributed by atoms with Crippen LogP contribution < -0.4 is 5.32 Å². The predicted octanol–water partition coefficient (Wildman–Crippen LogP) is 4.88. The van der Waals surface area contributed by atoms with Gasteiger partial charge in [-0.2, -0.15) is 11.8 Å². The Balaban J connectivity index is 1.44. The number of nitrogens with zero attached hydrogens (tertiary/aromatic N) is 2. The third-order valence-electron chi connectivity index (χ3n) is 6.18. The van der Waals surface area contributed by atoms with Gasteiger partial charge in [-0.15, -0.1) is 0 Å². The molecule has 2 N–H and O–H groups in total. The van der Waals surface area contributed by atoms with Crippen LogP contribution in [0, 0.1) is 0 Å². The lowest BCUT2D eigenvalue weighted by atomic mass is 9.87. The summed E-state index contributed by atoms with van der Waals surface area (Å²) >= 11 is 1.97. The zero-order chi connectivity index (χ0) is 21.1. The number of H-pyrrole nitrogens is 1. The minimum Gasteiger partial charge on any atom is -0.348 e. The van der Waals surface area contributed by atoms with E-state index in [0.717, 1.165) is 46.8 Å². The van der Waals surface area contributed by atoms with Crippen LogP contribution in [0.5, 0.6) is 0 Å². The average Bonchev–Trinajstić information content (AvgIpc) is 3.49. The van der Waals surface area contributed by atoms with Crippen molar-refractivity contribution < 1.29 is 4.79 Å². The second kappa shape index (κ2) is 8.63. The SMILES string of the molecule is O=C(CC1(n2cccc2)CCSCC1)N[C@@H](c1ccccc1)c1nc2ccccc2[nH]1. The molecule has 2 aromatic carbocycles. The highest BCUT2D eigenvalue weighted by Gasteiger charge is 2.36. The molecule has 0 aliphatic carbocycles. The molecule has 0 unspecified atom stereocenters. The Bertz CT molecular complexity index is 1110. The molecule has 1 aliphatic rings. The van der Waals surface area contributed by atoms with Crippen molar-refractivity contribution in [1.82, 2.24) is 19.9 Å². The third-order valence-corrected chi connectivity index (χ3v) is 7.17. The Morgan fingerprint density at radius 2 is 1.74 bits per heavy atom. The molecule has 158 valence electrons. The first kappa shape index (κ1) is 19.9. The number of nitrogens with one attached hydrogen (secondary N) is 2. The smallest absolute Gasteiger partial charge is 0.223 e. The van der Waals surface area contributed by atoms with E-state index in [-0.39, 0.29) is 17.5 Å². The average molecular weight is 431 g/mol. The van der Waals surface area contributed by atoms with Gasteiger partial charge < -0.3 is 14.9 Å². The summed E-state index contributed by atoms with van der Waals surface area (Å²) in [5.41, 5.74) is 2.74. The molecular weight excluding hydrogens is 404 g/mol. The normalized spacial score (nSPS) is 16.8. The van der Waals surface area contributed by atoms with Crippen molar-refractivity contribution in [1.29, 1.82) is 0 Å². The van der Waals surface area contributed by atoms with Crippen LogP contribution in [0.15, 0.2) is 79.1 Å². The van der Waals surface area contributed by atoms with Gasteiger partial charge in [-0.05, 0) is 54.2 Å². The lowest BCUT2D eigenvalue weighted by Crippen LogP contribution is -2.42. The number of hydrogen-bond acceptors (Lipinski definition) is 3. The van der Waals surface area contributed by atoms with Crippen LogP contribution in [-0.2, 0) is 10.3 Å². The minimum absolute atomic E-state index is 0.0508. The molecule has 2 aromatic heterocycles. The molecule has 1 saturated heterocycles. The number of para-hydroxylation sites is 2. The maximum Gasteiger partial charge on any atom is 0.223 e. The Kier molecular flexibility index (Phi) is 5.55. The fourth-order valence-electron chi connectivity index (χ4n) is 4.50. The highest BCUT2D eigenvalue weighted by molar-refractivity contribution is 7.99. The van der Waals surface area contributed by atoms with E-state index in [9.17, 15) is 4.79 Å². The van der Waals surface area contributed by atoms with Crippen LogP contribution in [0.3, 0.4) is 0 Å². The molecule has 0 bridgehead atoms. The molecule has 3 heterocycles. The summed E-state index contributed by atoms with van der Waals surface area (Å²) in [6.45, 7) is 0. The van der Waals surface area contributed by atoms with Crippen LogP contribution in [-0.4, -0.2) is 31.9 Å². The predicted molar refractivity (Wildman–Crippen MR) is 126 cm³/mol. The number of aromatic amines is 1. The van der Waals surface area contributed by atoms with E-state index in [1.807, 2.05) is 78.5 Å². The van der Waals surface area contributed by atoms with Gasteiger partial charge in [0.15, 0.2) is 0 Å². The molecule has 6 heteroatoms. The number of benzene rings is 2. The fraction of sp³-hybridized carbons (Fsp3) is 0.280. The molecule has 4 aromatic rings. The Morgan fingerprint density at radius 3 is 2.48 bits per heavy atom. The maximum absolute atomic E-state index is 13.4. The Morgan fingerprint density at radius 1 is 1.03 bits per heavy atom. The number of thioether (sulfide) groups is 1. The molecule has 1 amide bonds. The molecule has 0 radical (unpaired) electrons. The van der Waals surface area contributed by atoms with Gasteiger partial charge in [0.2, 0.25) is 5.91 Å². The minimum atomic E-state index is -0.319. The quantitative estimate of drug-likeness (QED) is 0.458. The zero-order valence-corrected chi connectivity index (χ0v) is 18.1. The van der Waals surface area contributed by atoms with Crippen molar-refractivity contribution in [3.8, 4) is 0 Å². The van der Waals surface area contributed by atoms with E-state index in [4.69, 9.17) is 4.98 Å². The van der Waals surface area contributed by atoms with E-state index in [1.54, 1.807) is 0 Å². The second-order valence-corrected chi connectivity index (χ2v) is 9.38. The fourth-order valence-corrected chi connectivity index (χ4v) is 5.76. The van der Waals surface area contributed by atoms with Gasteiger partial charge in [0.05, 0.1) is 23.0 Å². The van der Waals surface area contributed by atoms with Crippen molar-refractivity contribution in [2.45, 2.75) is 30.8 Å². The number of hydrogen-bond donors (Lipinski definition) is 2. The molecular formula is C25H26N4OS. The van der Waals surface area contributed by atoms with Gasteiger partial charge >= 0.3 is 0 Å². The summed E-state index contributed by atoms with van der Waals surface area (Å²) in [5.74, 6) is 2.97. The van der Waals surface area contributed by atoms with Gasteiger partial charge in [-0.1, -0.05) is 42.5 Å². The van der Waals surface area contributed by atoms with Gasteiger partial charge in [-0.3, -0.25) is 4.79 Å². The summed E-state index contributed by atoms with van der Waals surface area (Å²) in [5, 5.41) is 3.29. The van der Waals surface area contributed by atoms with Gasteiger partial charge in [0.25, 0.3) is 0 Å². The zero-order valence-electron chi connectivity index (χ0n) is 17.3. The number of amides is 1. The van der Waals surface area contributed by atoms with Crippen LogP contribution in [0.2, 0.25) is 0 Å². The molecule has 1 fully saturated rings. The van der Waals surface area contributed by atoms with E-state index < -0.39 is 0 Å². The first-order valence-electron chi connectivity index (χ1n) is 10.7. The molecule has 1 atom stereocenters. The van der Waals surface area contributed by atoms with Crippen LogP contribution >= 0.6 is 11.8 Å². The largest absolute Gasteiger partial charge is 0.348 e. The van der Waals surface area contributed by atoms with E-state index >= 15 is 0 Å². The van der Waals surface area contributed by atoms with Crippen molar-refractivity contribution in [2.24, 2.45) is 0 Å². The van der Waals surface area contributed by atoms with Crippen LogP contribution in [0.25, 0.3) is 11.0 Å². The summed E-state index contributed by atoms with van der Waals surface area (Å²) in [7, 11) is 0. The van der Waals surface area contributed by atoms with Crippen molar-refractivity contribution >= 4 is 28.7 Å². The Labute approximate surface area is 186 Å². The summed E-state index contributed by atoms with van der Waals surface area (Å²) in [6, 6.07) is 21.8. The number of rotatable bonds is 6. The van der Waals surface area contributed by atoms with Crippen molar-refractivity contribution in [2.75, 3.05) is 11.5 Å². The van der Waals surface area contributed by atoms with Gasteiger partial charge in [-0.25, -0.2) is 4.98 Å². The topological polar surface area (TPSA) is 62.7 Å². The molecule has 5 nitrogen and oxygen atoms in total. The Hall–Kier alpha value is -2.99. The monoisotopic (exact) mass is 430 g/mol. The second-order valence-electron chi connectivity index (χ2n) is 8.15. The number of carbonyl (C=O) groups excluding carboxylic acids is 1. The molecule has 0 spiro atoms. The summed E-state index contributed by atoms with van der Waals surface area (Å²) in [6.07, 6.45) is 6.65. The van der Waals surface area contributed by atoms with E-state index in [2.05, 4.69) is 27.3 Å². The summed E-state index contributed by atoms with van der Waals surface area (Å²) in [4.78, 5) is 21.6. The lowest BCUT2D eigenvalue weighted by molar-refractivity contribution is -0.123. The maximum atomic E-state index is 13.4. The van der Waals surface area contributed by atoms with Gasteiger partial charge in [0.1, 0.15) is 11.9 Å². The van der Waals surface area contributed by atoms with Crippen LogP contribution in [0.4, 0.5) is 0 Å².